The number of hydrogen-bond donors (Lipinski definition) is 0. The zero-order valence-electron chi connectivity index (χ0n) is 11.3. The van der Waals surface area contributed by atoms with Gasteiger partial charge in [-0.2, -0.15) is 0 Å². The van der Waals surface area contributed by atoms with Crippen molar-refractivity contribution in [3.63, 3.8) is 0 Å². The Hall–Kier alpha value is -1.42. The second kappa shape index (κ2) is 4.69. The van der Waals surface area contributed by atoms with Crippen molar-refractivity contribution >= 4 is 11.4 Å². The molecule has 0 spiro atoms. The first-order chi connectivity index (χ1) is 8.46. The van der Waals surface area contributed by atoms with Crippen LogP contribution in [-0.4, -0.2) is 25.1 Å². The van der Waals surface area contributed by atoms with Gasteiger partial charge in [-0.05, 0) is 12.8 Å². The molecule has 0 saturated carbocycles. The number of quaternary nitrogens is 1. The maximum Gasteiger partial charge on any atom is 0.270 e. The van der Waals surface area contributed by atoms with Crippen molar-refractivity contribution in [1.82, 2.24) is 4.48 Å². The van der Waals surface area contributed by atoms with Crippen molar-refractivity contribution in [2.75, 3.05) is 14.1 Å². The second-order valence-electron chi connectivity index (χ2n) is 5.59. The molecule has 1 heterocycles. The van der Waals surface area contributed by atoms with E-state index in [-0.39, 0.29) is 10.6 Å². The first kappa shape index (κ1) is 13.0. The number of non-ortho nitro benzene ring substituents is 1. The molecule has 0 N–H and O–H groups in total. The topological polar surface area (TPSA) is 43.1 Å². The Balaban J connectivity index is 2.40. The van der Waals surface area contributed by atoms with Crippen LogP contribution in [0.5, 0.6) is 0 Å². The molecule has 0 bridgehead atoms. The van der Waals surface area contributed by atoms with E-state index in [9.17, 15) is 10.1 Å². The predicted octanol–water partition coefficient (Wildman–Crippen LogP) is 3.28. The fraction of sp³-hybridized carbons (Fsp3) is 0.571. The van der Waals surface area contributed by atoms with Gasteiger partial charge in [-0.15, -0.1) is 0 Å². The van der Waals surface area contributed by atoms with Gasteiger partial charge in [-0.25, -0.2) is 0 Å². The smallest absolute Gasteiger partial charge is 0.270 e. The summed E-state index contributed by atoms with van der Waals surface area (Å²) in [6.45, 7) is 2.21. The van der Waals surface area contributed by atoms with Gasteiger partial charge >= 0.3 is 0 Å². The molecule has 0 aromatic heterocycles. The molecule has 1 aliphatic rings. The number of hydrogen-bond acceptors (Lipinski definition) is 2. The maximum atomic E-state index is 10.8. The van der Waals surface area contributed by atoms with E-state index in [1.807, 2.05) is 6.07 Å². The number of fused-ring (bicyclic) bond motifs is 1. The highest BCUT2D eigenvalue weighted by Gasteiger charge is 2.36. The Morgan fingerprint density at radius 3 is 2.78 bits per heavy atom. The molecule has 18 heavy (non-hydrogen) atoms. The van der Waals surface area contributed by atoms with E-state index in [4.69, 9.17) is 0 Å². The molecule has 0 amide bonds. The summed E-state index contributed by atoms with van der Waals surface area (Å²) in [6, 6.07) is 5.95. The molecule has 1 aliphatic heterocycles. The van der Waals surface area contributed by atoms with E-state index < -0.39 is 0 Å². The Bertz CT molecular complexity index is 469. The Morgan fingerprint density at radius 2 is 2.17 bits per heavy atom. The number of aryl methyl sites for hydroxylation is 1. The Kier molecular flexibility index (Phi) is 3.39. The summed E-state index contributed by atoms with van der Waals surface area (Å²) < 4.78 is 0.848. The van der Waals surface area contributed by atoms with Gasteiger partial charge in [-0.3, -0.25) is 14.6 Å². The van der Waals surface area contributed by atoms with Gasteiger partial charge in [-0.1, -0.05) is 13.3 Å². The third-order valence-corrected chi connectivity index (χ3v) is 4.18. The molecule has 1 atom stereocenters. The van der Waals surface area contributed by atoms with E-state index in [1.54, 1.807) is 12.1 Å². The van der Waals surface area contributed by atoms with E-state index in [1.165, 1.54) is 18.5 Å². The second-order valence-corrected chi connectivity index (χ2v) is 5.59. The van der Waals surface area contributed by atoms with Crippen LogP contribution < -0.4 is 4.48 Å². The average Bonchev–Trinajstić information content (AvgIpc) is 2.32. The monoisotopic (exact) mass is 249 g/mol. The molecule has 1 aromatic carbocycles. The van der Waals surface area contributed by atoms with Crippen LogP contribution in [-0.2, 0) is 6.42 Å². The van der Waals surface area contributed by atoms with E-state index in [0.29, 0.717) is 6.04 Å². The number of rotatable bonds is 3. The highest BCUT2D eigenvalue weighted by atomic mass is 16.6. The Morgan fingerprint density at radius 1 is 1.44 bits per heavy atom. The van der Waals surface area contributed by atoms with Crippen LogP contribution in [0.1, 0.15) is 31.7 Å². The first-order valence-corrected chi connectivity index (χ1v) is 6.58. The largest absolute Gasteiger partial charge is 0.293 e. The Labute approximate surface area is 108 Å². The van der Waals surface area contributed by atoms with Gasteiger partial charge in [0.15, 0.2) is 0 Å². The zero-order valence-corrected chi connectivity index (χ0v) is 11.3. The fourth-order valence-electron chi connectivity index (χ4n) is 3.09. The molecule has 1 aromatic rings. The minimum Gasteiger partial charge on any atom is -0.293 e. The number of benzene rings is 1. The molecule has 0 saturated heterocycles. The summed E-state index contributed by atoms with van der Waals surface area (Å²) in [6.07, 6.45) is 4.48. The quantitative estimate of drug-likeness (QED) is 0.469. The van der Waals surface area contributed by atoms with E-state index in [0.717, 1.165) is 22.9 Å². The lowest BCUT2D eigenvalue weighted by Crippen LogP contribution is -2.52. The minimum atomic E-state index is -0.307. The normalized spacial score (nSPS) is 21.4. The summed E-state index contributed by atoms with van der Waals surface area (Å²) in [7, 11) is 4.42. The van der Waals surface area contributed by atoms with Crippen LogP contribution >= 0.6 is 0 Å². The average molecular weight is 249 g/mol. The van der Waals surface area contributed by atoms with Crippen LogP contribution in [0.3, 0.4) is 0 Å². The molecule has 0 fully saturated rings. The SMILES string of the molecule is CCCC1CCc2cc([N+](=O)[O-])ccc2[N+]1(C)C. The molecule has 1 unspecified atom stereocenters. The zero-order chi connectivity index (χ0) is 13.3. The third-order valence-electron chi connectivity index (χ3n) is 4.18. The van der Waals surface area contributed by atoms with Crippen LogP contribution in [0, 0.1) is 10.1 Å². The van der Waals surface area contributed by atoms with Gasteiger partial charge in [0.05, 0.1) is 25.1 Å². The fourth-order valence-corrected chi connectivity index (χ4v) is 3.09. The lowest BCUT2D eigenvalue weighted by atomic mass is 9.91. The molecular formula is C14H21N2O2+. The summed E-state index contributed by atoms with van der Waals surface area (Å²) in [5.41, 5.74) is 2.59. The van der Waals surface area contributed by atoms with Gasteiger partial charge in [0, 0.05) is 30.2 Å². The standard InChI is InChI=1S/C14H21N2O2/c1-4-5-13-8-6-11-10-12(15(17)18)7-9-14(11)16(13,2)3/h7,9-10,13H,4-6,8H2,1-3H3/q+1. The van der Waals surface area contributed by atoms with E-state index in [2.05, 4.69) is 21.0 Å². The summed E-state index contributed by atoms with van der Waals surface area (Å²) in [4.78, 5) is 10.5. The lowest BCUT2D eigenvalue weighted by Gasteiger charge is -2.42. The molecule has 0 aliphatic carbocycles. The maximum absolute atomic E-state index is 10.8. The van der Waals surface area contributed by atoms with Crippen molar-refractivity contribution in [2.24, 2.45) is 0 Å². The minimum absolute atomic E-state index is 0.211. The van der Waals surface area contributed by atoms with Crippen molar-refractivity contribution < 1.29 is 4.92 Å². The summed E-state index contributed by atoms with van der Waals surface area (Å²) >= 11 is 0. The van der Waals surface area contributed by atoms with Crippen LogP contribution in [0.4, 0.5) is 11.4 Å². The lowest BCUT2D eigenvalue weighted by molar-refractivity contribution is -0.384. The highest BCUT2D eigenvalue weighted by molar-refractivity contribution is 5.57. The molecule has 2 rings (SSSR count). The highest BCUT2D eigenvalue weighted by Crippen LogP contribution is 2.37. The summed E-state index contributed by atoms with van der Waals surface area (Å²) in [5.74, 6) is 0. The van der Waals surface area contributed by atoms with E-state index >= 15 is 0 Å². The molecule has 0 radical (unpaired) electrons. The van der Waals surface area contributed by atoms with Crippen LogP contribution in [0.25, 0.3) is 0 Å². The predicted molar refractivity (Wildman–Crippen MR) is 73.8 cm³/mol. The van der Waals surface area contributed by atoms with Crippen molar-refractivity contribution in [1.29, 1.82) is 0 Å². The van der Waals surface area contributed by atoms with Crippen molar-refractivity contribution in [3.8, 4) is 0 Å². The van der Waals surface area contributed by atoms with Crippen LogP contribution in [0.2, 0.25) is 0 Å². The third kappa shape index (κ3) is 2.12. The molecule has 4 nitrogen and oxygen atoms in total. The summed E-state index contributed by atoms with van der Waals surface area (Å²) in [5, 5.41) is 10.8. The number of nitro benzene ring substituents is 1. The van der Waals surface area contributed by atoms with Crippen molar-refractivity contribution in [3.05, 3.63) is 33.9 Å². The van der Waals surface area contributed by atoms with Crippen LogP contribution in [0.15, 0.2) is 18.2 Å². The van der Waals surface area contributed by atoms with Gasteiger partial charge < -0.3 is 0 Å². The first-order valence-electron chi connectivity index (χ1n) is 6.58. The number of nitrogens with zero attached hydrogens (tertiary/aromatic N) is 2. The molecule has 98 valence electrons. The number of nitro groups is 1. The van der Waals surface area contributed by atoms with Crippen molar-refractivity contribution in [2.45, 2.75) is 38.6 Å². The molecular weight excluding hydrogens is 228 g/mol. The van der Waals surface area contributed by atoms with Gasteiger partial charge in [0.25, 0.3) is 5.69 Å². The van der Waals surface area contributed by atoms with Gasteiger partial charge in [0.1, 0.15) is 5.69 Å². The van der Waals surface area contributed by atoms with Gasteiger partial charge in [0.2, 0.25) is 0 Å². The molecule has 4 heteroatoms.